The van der Waals surface area contributed by atoms with Gasteiger partial charge in [0.1, 0.15) is 23.6 Å². The van der Waals surface area contributed by atoms with Crippen LogP contribution in [0.2, 0.25) is 5.02 Å². The Bertz CT molecular complexity index is 1610. The maximum atomic E-state index is 14.7. The summed E-state index contributed by atoms with van der Waals surface area (Å²) in [6, 6.07) is 1.34. The van der Waals surface area contributed by atoms with E-state index in [2.05, 4.69) is 10.5 Å². The van der Waals surface area contributed by atoms with E-state index in [1.54, 1.807) is 12.1 Å². The quantitative estimate of drug-likeness (QED) is 0.207. The first-order valence-electron chi connectivity index (χ1n) is 18.7. The number of nitrogens with zero attached hydrogens (tertiary/aromatic N) is 2. The summed E-state index contributed by atoms with van der Waals surface area (Å²) in [6.07, 6.45) is 7.38. The Labute approximate surface area is 310 Å². The van der Waals surface area contributed by atoms with Gasteiger partial charge in [0.2, 0.25) is 11.7 Å². The number of halogens is 1. The van der Waals surface area contributed by atoms with Gasteiger partial charge in [-0.3, -0.25) is 19.2 Å². The molecule has 0 bridgehead atoms. The molecule has 6 rings (SSSR count). The maximum absolute atomic E-state index is 14.7. The fraction of sp³-hybridized carbons (Fsp3) is 0.692. The van der Waals surface area contributed by atoms with Gasteiger partial charge in [0.25, 0.3) is 0 Å². The molecule has 1 spiro atoms. The molecule has 4 fully saturated rings. The molecule has 1 saturated heterocycles. The van der Waals surface area contributed by atoms with E-state index in [-0.39, 0.29) is 50.0 Å². The van der Waals surface area contributed by atoms with Crippen LogP contribution in [0, 0.1) is 23.2 Å². The third-order valence-electron chi connectivity index (χ3n) is 11.2. The Balaban J connectivity index is 1.27. The standard InChI is InChI=1S/C39H52ClN3O9/c1-38(2,3)35(41-37(48)51-25-8-6-7-9-25)36(47)43-21-39(19-28(42-52-39)26-17-27(40)33(50-5)18-32(26)49-4)20-29(43)30(44)16-24(14-22-10-11-22)34(46)31(45)15-23-12-13-23/h17-18,22-25,29,35H,6-16,19-21H2,1-5H3,(H,41,48)/t24-,29+,35-,39-/m1/s1. The maximum Gasteiger partial charge on any atom is 0.408 e. The molecule has 2 amide bonds. The van der Waals surface area contributed by atoms with Crippen molar-refractivity contribution in [2.45, 2.75) is 128 Å². The van der Waals surface area contributed by atoms with E-state index in [9.17, 15) is 24.0 Å². The summed E-state index contributed by atoms with van der Waals surface area (Å²) >= 11 is 6.49. The summed E-state index contributed by atoms with van der Waals surface area (Å²) < 4.78 is 16.7. The zero-order valence-electron chi connectivity index (χ0n) is 31.0. The predicted octanol–water partition coefficient (Wildman–Crippen LogP) is 6.22. The molecule has 3 aliphatic carbocycles. The van der Waals surface area contributed by atoms with E-state index >= 15 is 0 Å². The number of carbonyl (C=O) groups is 5. The van der Waals surface area contributed by atoms with E-state index < -0.39 is 52.6 Å². The summed E-state index contributed by atoms with van der Waals surface area (Å²) in [5.74, 6) is -0.927. The largest absolute Gasteiger partial charge is 0.496 e. The summed E-state index contributed by atoms with van der Waals surface area (Å²) in [7, 11) is 3.03. The van der Waals surface area contributed by atoms with E-state index in [4.69, 9.17) is 30.6 Å². The Kier molecular flexibility index (Phi) is 11.2. The van der Waals surface area contributed by atoms with Crippen LogP contribution in [-0.2, 0) is 28.8 Å². The predicted molar refractivity (Wildman–Crippen MR) is 193 cm³/mol. The molecule has 4 atom stereocenters. The number of hydrogen-bond acceptors (Lipinski definition) is 10. The molecule has 0 aromatic heterocycles. The van der Waals surface area contributed by atoms with Gasteiger partial charge in [-0.15, -0.1) is 0 Å². The third-order valence-corrected chi connectivity index (χ3v) is 11.5. The second-order valence-corrected chi connectivity index (χ2v) is 17.0. The number of rotatable bonds is 15. The van der Waals surface area contributed by atoms with E-state index in [0.29, 0.717) is 40.1 Å². The van der Waals surface area contributed by atoms with Crippen LogP contribution in [0.1, 0.15) is 110 Å². The van der Waals surface area contributed by atoms with Crippen LogP contribution in [-0.4, -0.2) is 84.5 Å². The number of carbonyl (C=O) groups excluding carboxylic acids is 5. The number of ketones is 3. The highest BCUT2D eigenvalue weighted by molar-refractivity contribution is 6.38. The second-order valence-electron chi connectivity index (χ2n) is 16.6. The molecule has 1 aromatic carbocycles. The highest BCUT2D eigenvalue weighted by atomic mass is 35.5. The van der Waals surface area contributed by atoms with Crippen LogP contribution >= 0.6 is 11.6 Å². The second kappa shape index (κ2) is 15.4. The molecule has 52 heavy (non-hydrogen) atoms. The highest BCUT2D eigenvalue weighted by Crippen LogP contribution is 2.44. The molecule has 0 radical (unpaired) electrons. The van der Waals surface area contributed by atoms with Gasteiger partial charge < -0.3 is 29.3 Å². The summed E-state index contributed by atoms with van der Waals surface area (Å²) in [5.41, 5.74) is -0.709. The number of nitrogens with one attached hydrogen (secondary N) is 1. The number of likely N-dealkylation sites (tertiary alicyclic amines) is 1. The Morgan fingerprint density at radius 3 is 2.29 bits per heavy atom. The number of amides is 2. The number of oxime groups is 1. The number of benzene rings is 1. The molecule has 1 aromatic rings. The molecular weight excluding hydrogens is 690 g/mol. The Morgan fingerprint density at radius 2 is 1.67 bits per heavy atom. The fourth-order valence-corrected chi connectivity index (χ4v) is 8.11. The lowest BCUT2D eigenvalue weighted by atomic mass is 9.84. The van der Waals surface area contributed by atoms with Crippen molar-refractivity contribution in [1.82, 2.24) is 10.2 Å². The molecule has 1 N–H and O–H groups in total. The average molecular weight is 742 g/mol. The number of ether oxygens (including phenoxy) is 3. The van der Waals surface area contributed by atoms with Crippen LogP contribution < -0.4 is 14.8 Å². The molecule has 284 valence electrons. The number of hydrogen-bond donors (Lipinski definition) is 1. The summed E-state index contributed by atoms with van der Waals surface area (Å²) in [4.78, 5) is 76.4. The van der Waals surface area contributed by atoms with Crippen molar-refractivity contribution in [3.63, 3.8) is 0 Å². The first-order chi connectivity index (χ1) is 24.7. The van der Waals surface area contributed by atoms with E-state index in [1.807, 2.05) is 20.8 Å². The number of alkyl carbamates (subject to hydrolysis) is 1. The van der Waals surface area contributed by atoms with Gasteiger partial charge in [0, 0.05) is 43.2 Å². The first-order valence-corrected chi connectivity index (χ1v) is 19.1. The molecule has 5 aliphatic rings. The van der Waals surface area contributed by atoms with Crippen LogP contribution in [0.15, 0.2) is 17.3 Å². The van der Waals surface area contributed by atoms with Gasteiger partial charge in [0.05, 0.1) is 37.5 Å². The lowest BCUT2D eigenvalue weighted by Crippen LogP contribution is -2.57. The monoisotopic (exact) mass is 741 g/mol. The van der Waals surface area contributed by atoms with Gasteiger partial charge in [-0.2, -0.15) is 0 Å². The zero-order chi connectivity index (χ0) is 37.4. The van der Waals surface area contributed by atoms with Crippen LogP contribution in [0.4, 0.5) is 4.79 Å². The molecule has 3 saturated carbocycles. The summed E-state index contributed by atoms with van der Waals surface area (Å²) in [5, 5.41) is 7.60. The minimum absolute atomic E-state index is 0.00915. The normalized spacial score (nSPS) is 24.2. The van der Waals surface area contributed by atoms with Crippen molar-refractivity contribution in [2.24, 2.45) is 28.3 Å². The van der Waals surface area contributed by atoms with Crippen molar-refractivity contribution < 1.29 is 43.0 Å². The minimum atomic E-state index is -1.08. The van der Waals surface area contributed by atoms with Crippen LogP contribution in [0.3, 0.4) is 0 Å². The lowest BCUT2D eigenvalue weighted by molar-refractivity contribution is -0.143. The van der Waals surface area contributed by atoms with Crippen molar-refractivity contribution in [1.29, 1.82) is 0 Å². The Hall–Kier alpha value is -3.67. The number of methoxy groups -OCH3 is 2. The highest BCUT2D eigenvalue weighted by Gasteiger charge is 2.56. The smallest absolute Gasteiger partial charge is 0.408 e. The van der Waals surface area contributed by atoms with Crippen molar-refractivity contribution >= 4 is 46.7 Å². The van der Waals surface area contributed by atoms with E-state index in [0.717, 1.165) is 51.4 Å². The third kappa shape index (κ3) is 8.75. The van der Waals surface area contributed by atoms with E-state index in [1.165, 1.54) is 19.1 Å². The van der Waals surface area contributed by atoms with Gasteiger partial charge in [-0.25, -0.2) is 4.79 Å². The van der Waals surface area contributed by atoms with Crippen molar-refractivity contribution in [2.75, 3.05) is 20.8 Å². The fourth-order valence-electron chi connectivity index (χ4n) is 7.87. The lowest BCUT2D eigenvalue weighted by Gasteiger charge is -2.35. The molecule has 13 heteroatoms. The average Bonchev–Trinajstić information content (AvgIpc) is 3.96. The van der Waals surface area contributed by atoms with Gasteiger partial charge >= 0.3 is 6.09 Å². The Morgan fingerprint density at radius 1 is 1.00 bits per heavy atom. The zero-order valence-corrected chi connectivity index (χ0v) is 31.7. The number of Topliss-reactive ketones (excluding diaryl/α,β-unsaturated/α-hetero) is 3. The van der Waals surface area contributed by atoms with Crippen LogP contribution in [0.5, 0.6) is 11.5 Å². The van der Waals surface area contributed by atoms with Gasteiger partial charge in [0.15, 0.2) is 17.2 Å². The molecule has 12 nitrogen and oxygen atoms in total. The first kappa shape index (κ1) is 38.1. The van der Waals surface area contributed by atoms with Gasteiger partial charge in [-0.1, -0.05) is 50.4 Å². The molecular formula is C39H52ClN3O9. The van der Waals surface area contributed by atoms with Gasteiger partial charge in [-0.05, 0) is 68.3 Å². The SMILES string of the molecule is COc1cc(OC)c(C2=NO[C@]3(C2)C[C@@H](C(=O)C[C@@H](CC2CC2)C(=O)C(=O)CC2CC2)N(C(=O)[C@@H](NC(=O)OC2CCCC2)C(C)(C)C)C3)cc1Cl. The topological polar surface area (TPSA) is 150 Å². The molecule has 2 aliphatic heterocycles. The summed E-state index contributed by atoms with van der Waals surface area (Å²) in [6.45, 7) is 5.54. The molecule has 0 unspecified atom stereocenters. The molecule has 2 heterocycles. The van der Waals surface area contributed by atoms with Crippen molar-refractivity contribution in [3.8, 4) is 11.5 Å². The van der Waals surface area contributed by atoms with Crippen molar-refractivity contribution in [3.05, 3.63) is 22.7 Å². The minimum Gasteiger partial charge on any atom is -0.496 e. The van der Waals surface area contributed by atoms with Crippen LogP contribution in [0.25, 0.3) is 0 Å².